The second-order valence-electron chi connectivity index (χ2n) is 5.76. The Bertz CT molecular complexity index is 842. The Morgan fingerprint density at radius 3 is 2.62 bits per heavy atom. The molecule has 8 heteroatoms. The molecule has 1 aromatic carbocycles. The number of nitrogens with zero attached hydrogens (tertiary/aromatic N) is 2. The molecule has 2 amide bonds. The molecular formula is C18H22N4O4. The van der Waals surface area contributed by atoms with Crippen LogP contribution in [0.2, 0.25) is 0 Å². The summed E-state index contributed by atoms with van der Waals surface area (Å²) in [4.78, 5) is 35.9. The van der Waals surface area contributed by atoms with Crippen molar-refractivity contribution in [1.82, 2.24) is 9.78 Å². The summed E-state index contributed by atoms with van der Waals surface area (Å²) < 4.78 is 6.41. The summed E-state index contributed by atoms with van der Waals surface area (Å²) in [6.07, 6.45) is 1.52. The maximum Gasteiger partial charge on any atom is 0.310 e. The molecule has 0 saturated carbocycles. The van der Waals surface area contributed by atoms with Gasteiger partial charge in [0.1, 0.15) is 5.82 Å². The van der Waals surface area contributed by atoms with Gasteiger partial charge in [-0.3, -0.25) is 19.1 Å². The molecule has 0 atom stereocenters. The average Bonchev–Trinajstić information content (AvgIpc) is 2.89. The van der Waals surface area contributed by atoms with Crippen LogP contribution in [0.25, 0.3) is 0 Å². The third kappa shape index (κ3) is 4.47. The zero-order valence-corrected chi connectivity index (χ0v) is 15.3. The molecule has 26 heavy (non-hydrogen) atoms. The van der Waals surface area contributed by atoms with E-state index in [4.69, 9.17) is 4.74 Å². The van der Waals surface area contributed by atoms with Crippen molar-refractivity contribution in [2.45, 2.75) is 27.2 Å². The zero-order valence-electron chi connectivity index (χ0n) is 15.3. The van der Waals surface area contributed by atoms with Gasteiger partial charge in [0, 0.05) is 19.5 Å². The van der Waals surface area contributed by atoms with Crippen LogP contribution in [0.15, 0.2) is 24.4 Å². The van der Waals surface area contributed by atoms with Crippen molar-refractivity contribution in [1.29, 1.82) is 0 Å². The highest BCUT2D eigenvalue weighted by Gasteiger charge is 2.19. The number of carbonyl (C=O) groups is 3. The lowest BCUT2D eigenvalue weighted by Crippen LogP contribution is -2.20. The number of ether oxygens (including phenoxy) is 1. The predicted octanol–water partition coefficient (Wildman–Crippen LogP) is 2.04. The molecule has 0 fully saturated rings. The van der Waals surface area contributed by atoms with Crippen molar-refractivity contribution in [3.05, 3.63) is 41.1 Å². The number of aryl methyl sites for hydroxylation is 2. The van der Waals surface area contributed by atoms with E-state index >= 15 is 0 Å². The molecule has 0 radical (unpaired) electrons. The van der Waals surface area contributed by atoms with Crippen LogP contribution in [-0.2, 0) is 27.8 Å². The van der Waals surface area contributed by atoms with E-state index in [0.29, 0.717) is 22.6 Å². The number of benzene rings is 1. The van der Waals surface area contributed by atoms with Crippen LogP contribution in [-0.4, -0.2) is 34.2 Å². The largest absolute Gasteiger partial charge is 0.466 e. The summed E-state index contributed by atoms with van der Waals surface area (Å²) in [5, 5.41) is 9.54. The van der Waals surface area contributed by atoms with Gasteiger partial charge < -0.3 is 15.4 Å². The number of carbonyl (C=O) groups excluding carboxylic acids is 3. The van der Waals surface area contributed by atoms with Crippen LogP contribution in [0.3, 0.4) is 0 Å². The van der Waals surface area contributed by atoms with Crippen LogP contribution >= 0.6 is 0 Å². The molecule has 8 nitrogen and oxygen atoms in total. The summed E-state index contributed by atoms with van der Waals surface area (Å²) in [5.41, 5.74) is 2.09. The van der Waals surface area contributed by atoms with Gasteiger partial charge in [-0.25, -0.2) is 0 Å². The second-order valence-corrected chi connectivity index (χ2v) is 5.76. The summed E-state index contributed by atoms with van der Waals surface area (Å²) in [5.74, 6) is -0.674. The van der Waals surface area contributed by atoms with Crippen LogP contribution in [0, 0.1) is 6.92 Å². The minimum absolute atomic E-state index is 0.00363. The van der Waals surface area contributed by atoms with E-state index < -0.39 is 11.9 Å². The zero-order chi connectivity index (χ0) is 19.3. The summed E-state index contributed by atoms with van der Waals surface area (Å²) in [6, 6.07) is 5.16. The van der Waals surface area contributed by atoms with Crippen LogP contribution in [0.4, 0.5) is 11.5 Å². The first-order valence-corrected chi connectivity index (χ1v) is 8.18. The summed E-state index contributed by atoms with van der Waals surface area (Å²) in [6.45, 7) is 5.19. The topological polar surface area (TPSA) is 102 Å². The average molecular weight is 358 g/mol. The molecule has 2 aromatic rings. The van der Waals surface area contributed by atoms with E-state index in [1.54, 1.807) is 39.1 Å². The first-order valence-electron chi connectivity index (χ1n) is 8.18. The Morgan fingerprint density at radius 2 is 1.96 bits per heavy atom. The van der Waals surface area contributed by atoms with Crippen molar-refractivity contribution >= 4 is 29.3 Å². The van der Waals surface area contributed by atoms with E-state index in [-0.39, 0.29) is 18.9 Å². The van der Waals surface area contributed by atoms with Gasteiger partial charge in [-0.2, -0.15) is 5.10 Å². The molecule has 0 spiro atoms. The Balaban J connectivity index is 2.29. The van der Waals surface area contributed by atoms with Crippen LogP contribution in [0.5, 0.6) is 0 Å². The molecular weight excluding hydrogens is 336 g/mol. The molecule has 0 unspecified atom stereocenters. The van der Waals surface area contributed by atoms with Crippen LogP contribution in [0.1, 0.15) is 35.3 Å². The van der Waals surface area contributed by atoms with Crippen LogP contribution < -0.4 is 10.6 Å². The molecule has 0 saturated heterocycles. The van der Waals surface area contributed by atoms with Gasteiger partial charge in [-0.15, -0.1) is 0 Å². The van der Waals surface area contributed by atoms with Crippen molar-refractivity contribution in [2.24, 2.45) is 7.05 Å². The molecule has 2 N–H and O–H groups in total. The van der Waals surface area contributed by atoms with Gasteiger partial charge in [0.2, 0.25) is 5.91 Å². The molecule has 138 valence electrons. The lowest BCUT2D eigenvalue weighted by atomic mass is 10.1. The molecule has 1 heterocycles. The SMILES string of the molecule is CCOC(=O)Cc1cnn(C)c1NC(=O)c1cccc(C)c1NC(C)=O. The van der Waals surface area contributed by atoms with Crippen molar-refractivity contribution in [3.63, 3.8) is 0 Å². The molecule has 0 bridgehead atoms. The van der Waals surface area contributed by atoms with Gasteiger partial charge in [0.05, 0.1) is 30.5 Å². The Morgan fingerprint density at radius 1 is 1.23 bits per heavy atom. The summed E-state index contributed by atoms with van der Waals surface area (Å²) >= 11 is 0. The second kappa shape index (κ2) is 8.28. The minimum Gasteiger partial charge on any atom is -0.466 e. The number of rotatable bonds is 6. The fraction of sp³-hybridized carbons (Fsp3) is 0.333. The molecule has 1 aromatic heterocycles. The number of aromatic nitrogens is 2. The lowest BCUT2D eigenvalue weighted by Gasteiger charge is -2.14. The Hall–Kier alpha value is -3.16. The summed E-state index contributed by atoms with van der Waals surface area (Å²) in [7, 11) is 1.66. The van der Waals surface area contributed by atoms with E-state index in [2.05, 4.69) is 15.7 Å². The Labute approximate surface area is 151 Å². The van der Waals surface area contributed by atoms with Gasteiger partial charge in [0.15, 0.2) is 0 Å². The maximum absolute atomic E-state index is 12.8. The highest BCUT2D eigenvalue weighted by atomic mass is 16.5. The number of esters is 1. The van der Waals surface area contributed by atoms with Crippen molar-refractivity contribution < 1.29 is 19.1 Å². The fourth-order valence-corrected chi connectivity index (χ4v) is 2.51. The highest BCUT2D eigenvalue weighted by Crippen LogP contribution is 2.23. The Kier molecular flexibility index (Phi) is 6.11. The van der Waals surface area contributed by atoms with Crippen molar-refractivity contribution in [3.8, 4) is 0 Å². The van der Waals surface area contributed by atoms with E-state index in [0.717, 1.165) is 5.56 Å². The molecule has 0 aliphatic heterocycles. The molecule has 0 aliphatic carbocycles. The number of hydrogen-bond acceptors (Lipinski definition) is 5. The van der Waals surface area contributed by atoms with Gasteiger partial charge in [-0.05, 0) is 25.5 Å². The maximum atomic E-state index is 12.8. The standard InChI is InChI=1S/C18H22N4O4/c1-5-26-15(24)9-13-10-19-22(4)17(13)21-18(25)14-8-6-7-11(2)16(14)20-12(3)23/h6-8,10H,5,9H2,1-4H3,(H,20,23)(H,21,25). The first-order chi connectivity index (χ1) is 12.3. The van der Waals surface area contributed by atoms with E-state index in [1.807, 2.05) is 0 Å². The minimum atomic E-state index is -0.411. The monoisotopic (exact) mass is 358 g/mol. The first kappa shape index (κ1) is 19.2. The van der Waals surface area contributed by atoms with Crippen molar-refractivity contribution in [2.75, 3.05) is 17.2 Å². The van der Waals surface area contributed by atoms with E-state index in [1.165, 1.54) is 17.8 Å². The van der Waals surface area contributed by atoms with E-state index in [9.17, 15) is 14.4 Å². The number of amides is 2. The van der Waals surface area contributed by atoms with Gasteiger partial charge in [-0.1, -0.05) is 12.1 Å². The van der Waals surface area contributed by atoms with Gasteiger partial charge in [0.25, 0.3) is 5.91 Å². The number of hydrogen-bond donors (Lipinski definition) is 2. The number of anilines is 2. The number of para-hydroxylation sites is 1. The third-order valence-electron chi connectivity index (χ3n) is 3.71. The predicted molar refractivity (Wildman–Crippen MR) is 97.0 cm³/mol. The normalized spacial score (nSPS) is 10.3. The van der Waals surface area contributed by atoms with Gasteiger partial charge >= 0.3 is 5.97 Å². The fourth-order valence-electron chi connectivity index (χ4n) is 2.51. The third-order valence-corrected chi connectivity index (χ3v) is 3.71. The lowest BCUT2D eigenvalue weighted by molar-refractivity contribution is -0.142. The molecule has 0 aliphatic rings. The smallest absolute Gasteiger partial charge is 0.310 e. The molecule has 2 rings (SSSR count). The highest BCUT2D eigenvalue weighted by molar-refractivity contribution is 6.10. The number of nitrogens with one attached hydrogen (secondary N) is 2. The quantitative estimate of drug-likeness (QED) is 0.770.